The third-order valence-corrected chi connectivity index (χ3v) is 3.64. The minimum absolute atomic E-state index is 0.161. The summed E-state index contributed by atoms with van der Waals surface area (Å²) < 4.78 is 38.0. The third kappa shape index (κ3) is 4.83. The summed E-state index contributed by atoms with van der Waals surface area (Å²) in [5.41, 5.74) is 0. The monoisotopic (exact) mass is 295 g/mol. The van der Waals surface area contributed by atoms with Crippen LogP contribution in [0.2, 0.25) is 0 Å². The van der Waals surface area contributed by atoms with Crippen molar-refractivity contribution < 1.29 is 23.1 Å². The zero-order valence-corrected chi connectivity index (χ0v) is 11.5. The van der Waals surface area contributed by atoms with Crippen molar-refractivity contribution in [3.63, 3.8) is 0 Å². The summed E-state index contributed by atoms with van der Waals surface area (Å²) >= 11 is 1.44. The van der Waals surface area contributed by atoms with E-state index in [4.69, 9.17) is 5.11 Å². The fourth-order valence-corrected chi connectivity index (χ4v) is 2.35. The molecule has 19 heavy (non-hydrogen) atoms. The maximum Gasteiger partial charge on any atom is 0.403 e. The Labute approximate surface area is 113 Å². The van der Waals surface area contributed by atoms with Gasteiger partial charge in [0.15, 0.2) is 5.92 Å². The largest absolute Gasteiger partial charge is 0.481 e. The average molecular weight is 295 g/mol. The van der Waals surface area contributed by atoms with Crippen molar-refractivity contribution in [2.75, 3.05) is 6.54 Å². The summed E-state index contributed by atoms with van der Waals surface area (Å²) in [6, 6.07) is 3.48. The fraction of sp³-hybridized carbons (Fsp3) is 0.583. The number of thiophene rings is 1. The fourth-order valence-electron chi connectivity index (χ4n) is 1.62. The van der Waals surface area contributed by atoms with E-state index in [9.17, 15) is 18.0 Å². The number of carbonyl (C=O) groups is 1. The molecule has 1 heterocycles. The van der Waals surface area contributed by atoms with Crippen LogP contribution >= 0.6 is 11.3 Å². The molecule has 0 fully saturated rings. The molecule has 0 aliphatic rings. The Morgan fingerprint density at radius 2 is 2.11 bits per heavy atom. The van der Waals surface area contributed by atoms with Crippen molar-refractivity contribution >= 4 is 17.3 Å². The van der Waals surface area contributed by atoms with Gasteiger partial charge in [-0.1, -0.05) is 6.07 Å². The molecule has 0 aliphatic carbocycles. The van der Waals surface area contributed by atoms with Gasteiger partial charge in [-0.25, -0.2) is 0 Å². The summed E-state index contributed by atoms with van der Waals surface area (Å²) in [7, 11) is 0. The summed E-state index contributed by atoms with van der Waals surface area (Å²) in [6.45, 7) is 3.30. The molecule has 0 aromatic carbocycles. The Morgan fingerprint density at radius 3 is 2.47 bits per heavy atom. The number of carboxylic acids is 1. The lowest BCUT2D eigenvalue weighted by Gasteiger charge is -2.29. The summed E-state index contributed by atoms with van der Waals surface area (Å²) in [5.74, 6) is -4.18. The maximum atomic E-state index is 12.7. The number of hydrogen-bond acceptors (Lipinski definition) is 3. The normalized spacial score (nSPS) is 14.1. The van der Waals surface area contributed by atoms with Crippen LogP contribution in [0.5, 0.6) is 0 Å². The van der Waals surface area contributed by atoms with Crippen LogP contribution in [0.4, 0.5) is 13.2 Å². The van der Waals surface area contributed by atoms with Crippen LogP contribution in [0.15, 0.2) is 17.5 Å². The molecule has 0 saturated carbocycles. The lowest BCUT2D eigenvalue weighted by molar-refractivity contribution is -0.197. The van der Waals surface area contributed by atoms with Crippen LogP contribution in [0.3, 0.4) is 0 Å². The first-order chi connectivity index (χ1) is 8.71. The molecular weight excluding hydrogens is 279 g/mol. The molecule has 1 aromatic rings. The van der Waals surface area contributed by atoms with Gasteiger partial charge in [-0.3, -0.25) is 9.69 Å². The first-order valence-electron chi connectivity index (χ1n) is 5.77. The standard InChI is InChI=1S/C12H16F3NO2S/c1-8(2)16(6-9-4-3-5-19-9)7-10(11(17)18)12(13,14)15/h3-5,8,10H,6-7H2,1-2H3,(H,17,18). The van der Waals surface area contributed by atoms with E-state index in [1.54, 1.807) is 13.8 Å². The van der Waals surface area contributed by atoms with E-state index in [-0.39, 0.29) is 6.04 Å². The number of hydrogen-bond donors (Lipinski definition) is 1. The number of halogens is 3. The van der Waals surface area contributed by atoms with Crippen molar-refractivity contribution in [3.8, 4) is 0 Å². The van der Waals surface area contributed by atoms with Crippen LogP contribution in [0.25, 0.3) is 0 Å². The van der Waals surface area contributed by atoms with Crippen molar-refractivity contribution in [1.29, 1.82) is 0 Å². The van der Waals surface area contributed by atoms with E-state index >= 15 is 0 Å². The van der Waals surface area contributed by atoms with Gasteiger partial charge in [-0.2, -0.15) is 13.2 Å². The van der Waals surface area contributed by atoms with E-state index in [1.165, 1.54) is 16.2 Å². The van der Waals surface area contributed by atoms with Gasteiger partial charge in [0.05, 0.1) is 0 Å². The molecule has 1 N–H and O–H groups in total. The first-order valence-corrected chi connectivity index (χ1v) is 6.65. The Hall–Kier alpha value is -1.08. The Bertz CT molecular complexity index is 404. The Balaban J connectivity index is 2.79. The molecule has 0 radical (unpaired) electrons. The number of aliphatic carboxylic acids is 1. The van der Waals surface area contributed by atoms with Gasteiger partial charge in [0.2, 0.25) is 0 Å². The SMILES string of the molecule is CC(C)N(Cc1cccs1)CC(C(=O)O)C(F)(F)F. The van der Waals surface area contributed by atoms with Gasteiger partial charge in [-0.15, -0.1) is 11.3 Å². The van der Waals surface area contributed by atoms with Crippen LogP contribution < -0.4 is 0 Å². The number of nitrogens with zero attached hydrogens (tertiary/aromatic N) is 1. The first kappa shape index (κ1) is 16.0. The van der Waals surface area contributed by atoms with E-state index in [0.717, 1.165) is 4.88 Å². The van der Waals surface area contributed by atoms with Gasteiger partial charge >= 0.3 is 12.1 Å². The molecule has 108 valence electrons. The molecule has 1 aromatic heterocycles. The highest BCUT2D eigenvalue weighted by Crippen LogP contribution is 2.28. The predicted octanol–water partition coefficient (Wildman–Crippen LogP) is 3.22. The quantitative estimate of drug-likeness (QED) is 0.876. The summed E-state index contributed by atoms with van der Waals surface area (Å²) in [4.78, 5) is 13.2. The molecule has 1 rings (SSSR count). The molecule has 0 bridgehead atoms. The molecule has 1 atom stereocenters. The third-order valence-electron chi connectivity index (χ3n) is 2.78. The van der Waals surface area contributed by atoms with E-state index in [0.29, 0.717) is 6.54 Å². The summed E-state index contributed by atoms with van der Waals surface area (Å²) in [6.07, 6.45) is -4.73. The van der Waals surface area contributed by atoms with Crippen molar-refractivity contribution in [3.05, 3.63) is 22.4 Å². The smallest absolute Gasteiger partial charge is 0.403 e. The second kappa shape index (κ2) is 6.38. The van der Waals surface area contributed by atoms with E-state index in [2.05, 4.69) is 0 Å². The second-order valence-electron chi connectivity index (χ2n) is 4.53. The maximum absolute atomic E-state index is 12.7. The van der Waals surface area contributed by atoms with Crippen LogP contribution in [0.1, 0.15) is 18.7 Å². The van der Waals surface area contributed by atoms with Gasteiger partial charge in [0, 0.05) is 24.0 Å². The predicted molar refractivity (Wildman–Crippen MR) is 67.0 cm³/mol. The van der Waals surface area contributed by atoms with Crippen LogP contribution in [-0.2, 0) is 11.3 Å². The highest BCUT2D eigenvalue weighted by atomic mass is 32.1. The highest BCUT2D eigenvalue weighted by Gasteiger charge is 2.46. The van der Waals surface area contributed by atoms with Crippen molar-refractivity contribution in [2.45, 2.75) is 32.6 Å². The van der Waals surface area contributed by atoms with Gasteiger partial charge in [-0.05, 0) is 25.3 Å². The second-order valence-corrected chi connectivity index (χ2v) is 5.57. The zero-order chi connectivity index (χ0) is 14.6. The van der Waals surface area contributed by atoms with Crippen molar-refractivity contribution in [1.82, 2.24) is 4.90 Å². The van der Waals surface area contributed by atoms with Crippen molar-refractivity contribution in [2.24, 2.45) is 5.92 Å². The van der Waals surface area contributed by atoms with Crippen LogP contribution in [-0.4, -0.2) is 34.7 Å². The van der Waals surface area contributed by atoms with Gasteiger partial charge < -0.3 is 5.11 Å². The number of alkyl halides is 3. The van der Waals surface area contributed by atoms with Gasteiger partial charge in [0.25, 0.3) is 0 Å². The minimum Gasteiger partial charge on any atom is -0.481 e. The Kier molecular flexibility index (Phi) is 5.37. The lowest BCUT2D eigenvalue weighted by Crippen LogP contribution is -2.43. The molecule has 7 heteroatoms. The molecule has 1 unspecified atom stereocenters. The molecule has 0 aliphatic heterocycles. The average Bonchev–Trinajstić information content (AvgIpc) is 2.73. The highest BCUT2D eigenvalue weighted by molar-refractivity contribution is 7.09. The molecule has 0 amide bonds. The molecule has 0 saturated heterocycles. The van der Waals surface area contributed by atoms with E-state index in [1.807, 2.05) is 17.5 Å². The lowest BCUT2D eigenvalue weighted by atomic mass is 10.1. The zero-order valence-electron chi connectivity index (χ0n) is 10.6. The number of rotatable bonds is 6. The molecule has 0 spiro atoms. The van der Waals surface area contributed by atoms with Crippen LogP contribution in [0, 0.1) is 5.92 Å². The Morgan fingerprint density at radius 1 is 1.47 bits per heavy atom. The van der Waals surface area contributed by atoms with Gasteiger partial charge in [0.1, 0.15) is 0 Å². The molecule has 3 nitrogen and oxygen atoms in total. The summed E-state index contributed by atoms with van der Waals surface area (Å²) in [5, 5.41) is 10.6. The topological polar surface area (TPSA) is 40.5 Å². The van der Waals surface area contributed by atoms with E-state index < -0.39 is 24.6 Å². The minimum atomic E-state index is -4.73. The molecular formula is C12H16F3NO2S. The number of carboxylic acid groups (broad SMARTS) is 1.